The van der Waals surface area contributed by atoms with Gasteiger partial charge >= 0.3 is 6.18 Å². The van der Waals surface area contributed by atoms with Crippen molar-refractivity contribution in [2.45, 2.75) is 6.18 Å². The summed E-state index contributed by atoms with van der Waals surface area (Å²) in [7, 11) is 0. The molecule has 1 aromatic heterocycles. The van der Waals surface area contributed by atoms with Gasteiger partial charge in [-0.15, -0.1) is 0 Å². The average molecular weight is 267 g/mol. The third-order valence-electron chi connectivity index (χ3n) is 2.35. The van der Waals surface area contributed by atoms with Crippen LogP contribution in [0.15, 0.2) is 30.6 Å². The topological polar surface area (TPSA) is 49.6 Å². The molecule has 0 saturated heterocycles. The Morgan fingerprint density at radius 1 is 1.11 bits per heavy atom. The van der Waals surface area contributed by atoms with E-state index < -0.39 is 17.6 Å². The van der Waals surface area contributed by atoms with E-state index in [0.29, 0.717) is 6.07 Å². The molecule has 0 aliphatic rings. The lowest BCUT2D eigenvalue weighted by Gasteiger charge is -2.08. The predicted molar refractivity (Wildman–Crippen MR) is 57.1 cm³/mol. The number of alkyl halides is 3. The third kappa shape index (κ3) is 2.68. The van der Waals surface area contributed by atoms with E-state index in [1.54, 1.807) is 6.07 Å². The molecular weight excluding hydrogens is 262 g/mol. The van der Waals surface area contributed by atoms with Crippen LogP contribution >= 0.6 is 0 Å². The van der Waals surface area contributed by atoms with E-state index in [4.69, 9.17) is 5.26 Å². The fraction of sp³-hybridized carbons (Fsp3) is 0.0833. The quantitative estimate of drug-likeness (QED) is 0.745. The second-order valence-corrected chi connectivity index (χ2v) is 3.59. The molecule has 7 heteroatoms. The molecule has 0 aliphatic heterocycles. The molecule has 0 atom stereocenters. The van der Waals surface area contributed by atoms with Crippen LogP contribution in [0, 0.1) is 17.1 Å². The summed E-state index contributed by atoms with van der Waals surface area (Å²) < 4.78 is 50.8. The summed E-state index contributed by atoms with van der Waals surface area (Å²) in [4.78, 5) is 7.32. The van der Waals surface area contributed by atoms with Crippen molar-refractivity contribution in [3.8, 4) is 17.3 Å². The van der Waals surface area contributed by atoms with Crippen LogP contribution in [0.1, 0.15) is 11.3 Å². The normalized spacial score (nSPS) is 11.1. The van der Waals surface area contributed by atoms with Crippen molar-refractivity contribution in [3.05, 3.63) is 47.7 Å². The second kappa shape index (κ2) is 4.65. The maximum absolute atomic E-state index is 13.7. The van der Waals surface area contributed by atoms with Crippen LogP contribution in [0.3, 0.4) is 0 Å². The van der Waals surface area contributed by atoms with Gasteiger partial charge in [-0.05, 0) is 18.2 Å². The zero-order valence-electron chi connectivity index (χ0n) is 9.24. The molecule has 0 saturated carbocycles. The van der Waals surface area contributed by atoms with Gasteiger partial charge in [-0.2, -0.15) is 18.4 Å². The third-order valence-corrected chi connectivity index (χ3v) is 2.35. The molecule has 2 rings (SSSR count). The van der Waals surface area contributed by atoms with E-state index in [2.05, 4.69) is 9.97 Å². The van der Waals surface area contributed by atoms with E-state index in [9.17, 15) is 17.6 Å². The maximum Gasteiger partial charge on any atom is 0.416 e. The molecule has 1 heterocycles. The van der Waals surface area contributed by atoms with Gasteiger partial charge in [-0.25, -0.2) is 14.4 Å². The van der Waals surface area contributed by atoms with E-state index in [1.165, 1.54) is 6.07 Å². The Labute approximate surface area is 105 Å². The molecule has 0 radical (unpaired) electrons. The summed E-state index contributed by atoms with van der Waals surface area (Å²) in [6.45, 7) is 0. The van der Waals surface area contributed by atoms with Gasteiger partial charge < -0.3 is 0 Å². The molecule has 0 N–H and O–H groups in total. The second-order valence-electron chi connectivity index (χ2n) is 3.59. The lowest BCUT2D eigenvalue weighted by atomic mass is 10.1. The maximum atomic E-state index is 13.7. The molecule has 0 amide bonds. The van der Waals surface area contributed by atoms with Crippen molar-refractivity contribution < 1.29 is 17.6 Å². The number of hydrogen-bond acceptors (Lipinski definition) is 3. The summed E-state index contributed by atoms with van der Waals surface area (Å²) in [6, 6.07) is 5.06. The lowest BCUT2D eigenvalue weighted by Crippen LogP contribution is -2.05. The number of halogens is 4. The summed E-state index contributed by atoms with van der Waals surface area (Å²) in [5.74, 6) is -1.06. The molecule has 0 unspecified atom stereocenters. The van der Waals surface area contributed by atoms with Crippen molar-refractivity contribution in [2.75, 3.05) is 0 Å². The van der Waals surface area contributed by atoms with Crippen LogP contribution in [0.2, 0.25) is 0 Å². The van der Waals surface area contributed by atoms with Crippen LogP contribution in [0.25, 0.3) is 11.3 Å². The van der Waals surface area contributed by atoms with Crippen LogP contribution in [0.5, 0.6) is 0 Å². The van der Waals surface area contributed by atoms with Gasteiger partial charge in [-0.3, -0.25) is 0 Å². The molecule has 0 spiro atoms. The Bertz CT molecular complexity index is 659. The Kier molecular flexibility index (Phi) is 3.17. The largest absolute Gasteiger partial charge is 0.416 e. The van der Waals surface area contributed by atoms with Crippen LogP contribution in [0.4, 0.5) is 17.6 Å². The highest BCUT2D eigenvalue weighted by Crippen LogP contribution is 2.32. The number of aromatic nitrogens is 2. The number of nitriles is 1. The number of hydrogen-bond donors (Lipinski definition) is 0. The Morgan fingerprint density at radius 2 is 1.84 bits per heavy atom. The average Bonchev–Trinajstić information content (AvgIpc) is 2.37. The minimum absolute atomic E-state index is 0.00398. The van der Waals surface area contributed by atoms with E-state index in [0.717, 1.165) is 18.5 Å². The highest BCUT2D eigenvalue weighted by molar-refractivity contribution is 5.61. The Balaban J connectivity index is 2.50. The molecule has 3 nitrogen and oxygen atoms in total. The SMILES string of the molecule is N#Cc1cc(-c2ccc(C(F)(F)F)cc2F)ncn1. The molecule has 0 fully saturated rings. The molecular formula is C12H5F4N3. The zero-order valence-corrected chi connectivity index (χ0v) is 9.24. The summed E-state index contributed by atoms with van der Waals surface area (Å²) >= 11 is 0. The smallest absolute Gasteiger partial charge is 0.236 e. The monoisotopic (exact) mass is 267 g/mol. The highest BCUT2D eigenvalue weighted by Gasteiger charge is 2.31. The fourth-order valence-electron chi connectivity index (χ4n) is 1.46. The predicted octanol–water partition coefficient (Wildman–Crippen LogP) is 3.17. The van der Waals surface area contributed by atoms with Gasteiger partial charge in [-0.1, -0.05) is 0 Å². The van der Waals surface area contributed by atoms with Gasteiger partial charge in [0, 0.05) is 11.6 Å². The summed E-state index contributed by atoms with van der Waals surface area (Å²) in [5, 5.41) is 8.65. The van der Waals surface area contributed by atoms with E-state index in [1.807, 2.05) is 0 Å². The first-order valence-electron chi connectivity index (χ1n) is 5.01. The van der Waals surface area contributed by atoms with Gasteiger partial charge in [0.2, 0.25) is 0 Å². The van der Waals surface area contributed by atoms with E-state index in [-0.39, 0.29) is 17.0 Å². The molecule has 0 bridgehead atoms. The summed E-state index contributed by atoms with van der Waals surface area (Å²) in [5.41, 5.74) is -1.14. The Morgan fingerprint density at radius 3 is 2.42 bits per heavy atom. The minimum atomic E-state index is -4.61. The number of nitrogens with zero attached hydrogens (tertiary/aromatic N) is 3. The molecule has 19 heavy (non-hydrogen) atoms. The molecule has 2 aromatic rings. The van der Waals surface area contributed by atoms with Crippen molar-refractivity contribution in [3.63, 3.8) is 0 Å². The van der Waals surface area contributed by atoms with Gasteiger partial charge in [0.15, 0.2) is 0 Å². The standard InChI is InChI=1S/C12H5F4N3/c13-10-3-7(12(14,15)16)1-2-9(10)11-4-8(5-17)18-6-19-11/h1-4,6H. The van der Waals surface area contributed by atoms with E-state index >= 15 is 0 Å². The van der Waals surface area contributed by atoms with Gasteiger partial charge in [0.1, 0.15) is 23.9 Å². The first-order valence-corrected chi connectivity index (χ1v) is 5.01. The van der Waals surface area contributed by atoms with Crippen molar-refractivity contribution in [1.82, 2.24) is 9.97 Å². The van der Waals surface area contributed by atoms with Crippen molar-refractivity contribution in [1.29, 1.82) is 5.26 Å². The van der Waals surface area contributed by atoms with Crippen LogP contribution in [-0.4, -0.2) is 9.97 Å². The van der Waals surface area contributed by atoms with Gasteiger partial charge in [0.25, 0.3) is 0 Å². The first-order chi connectivity index (χ1) is 8.91. The van der Waals surface area contributed by atoms with Crippen LogP contribution < -0.4 is 0 Å². The molecule has 1 aromatic carbocycles. The number of benzene rings is 1. The minimum Gasteiger partial charge on any atom is -0.236 e. The Hall–Kier alpha value is -2.49. The van der Waals surface area contributed by atoms with Crippen molar-refractivity contribution in [2.24, 2.45) is 0 Å². The zero-order chi connectivity index (χ0) is 14.0. The molecule has 96 valence electrons. The summed E-state index contributed by atoms with van der Waals surface area (Å²) in [6.07, 6.45) is -3.56. The van der Waals surface area contributed by atoms with Crippen LogP contribution in [-0.2, 0) is 6.18 Å². The fourth-order valence-corrected chi connectivity index (χ4v) is 1.46. The number of rotatable bonds is 1. The van der Waals surface area contributed by atoms with Gasteiger partial charge in [0.05, 0.1) is 11.3 Å². The first kappa shape index (κ1) is 13.0. The lowest BCUT2D eigenvalue weighted by molar-refractivity contribution is -0.137. The highest BCUT2D eigenvalue weighted by atomic mass is 19.4. The van der Waals surface area contributed by atoms with Crippen molar-refractivity contribution >= 4 is 0 Å². The molecule has 0 aliphatic carbocycles.